The van der Waals surface area contributed by atoms with E-state index < -0.39 is 223 Å². The van der Waals surface area contributed by atoms with E-state index in [-0.39, 0.29) is 31.7 Å². The Morgan fingerprint density at radius 3 is 1.60 bits per heavy atom. The normalized spacial score (nSPS) is 20.4. The second kappa shape index (κ2) is 9.56. The molecule has 0 fully saturated rings. The van der Waals surface area contributed by atoms with Gasteiger partial charge in [0.15, 0.2) is 0 Å². The van der Waals surface area contributed by atoms with E-state index in [9.17, 15) is 16.4 Å². The summed E-state index contributed by atoms with van der Waals surface area (Å²) in [5.41, 5.74) is -4.65. The molecular weight excluding hydrogens is 561 g/mol. The highest BCUT2D eigenvalue weighted by molar-refractivity contribution is 7.99. The topological polar surface area (TPSA) is 0 Å². The van der Waals surface area contributed by atoms with Gasteiger partial charge in [-0.25, -0.2) is 0 Å². The van der Waals surface area contributed by atoms with Crippen LogP contribution in [0.1, 0.15) is 35.6 Å². The number of fused-ring (bicyclic) bond motifs is 2. The van der Waals surface area contributed by atoms with Crippen molar-refractivity contribution in [2.75, 3.05) is 0 Å². The first-order valence-corrected chi connectivity index (χ1v) is 14.2. The molecule has 10 rings (SSSR count). The maximum absolute atomic E-state index is 9.84. The monoisotopic (exact) mass is 612 g/mol. The summed E-state index contributed by atoms with van der Waals surface area (Å²) >= 11 is 0.646. The summed E-state index contributed by atoms with van der Waals surface area (Å²) in [6.07, 6.45) is 0. The van der Waals surface area contributed by atoms with Gasteiger partial charge in [-0.3, -0.25) is 0 Å². The van der Waals surface area contributed by atoms with Crippen LogP contribution in [0.4, 0.5) is 0 Å². The lowest BCUT2D eigenvalue weighted by molar-refractivity contribution is 1.40. The maximum Gasteiger partial charge on any atom is 0.0636 e. The van der Waals surface area contributed by atoms with Crippen molar-refractivity contribution in [1.82, 2.24) is 0 Å². The molecule has 0 aromatic heterocycles. The number of rotatable bonds is 3. The first kappa shape index (κ1) is 10.6. The maximum atomic E-state index is 9.84. The third-order valence-corrected chi connectivity index (χ3v) is 8.66. The van der Waals surface area contributed by atoms with Crippen molar-refractivity contribution < 1.29 is 35.6 Å². The highest BCUT2D eigenvalue weighted by atomic mass is 32.2. The standard InChI is InChI=1S/C44H26S/c1-2-8-27(9-3-1)32-20-16-28-19-23-39-33(21-17-29-18-22-38(32)42(28)43(29)39)30-10-6-11-31(26-30)34-24-25-41-44-36(34)13-7-14-37(44)35-12-4-5-15-40(35)45-41/h1-26H/i1D,2D,3D,4D,5D,6D,7D,8D,9D,10D,11D,12D,13D,14D,15D,16D,17D,18D,19D,20D,21D,22D,23D,24D,25D,26D. The second-order valence-corrected chi connectivity index (χ2v) is 11.0. The summed E-state index contributed by atoms with van der Waals surface area (Å²) in [5.74, 6) is 0. The van der Waals surface area contributed by atoms with E-state index in [2.05, 4.69) is 0 Å². The van der Waals surface area contributed by atoms with Gasteiger partial charge >= 0.3 is 0 Å². The molecule has 0 saturated heterocycles. The average molecular weight is 613 g/mol. The summed E-state index contributed by atoms with van der Waals surface area (Å²) < 4.78 is 234. The van der Waals surface area contributed by atoms with Gasteiger partial charge < -0.3 is 0 Å². The summed E-state index contributed by atoms with van der Waals surface area (Å²) in [7, 11) is 0. The fourth-order valence-electron chi connectivity index (χ4n) is 5.70. The fourth-order valence-corrected chi connectivity index (χ4v) is 6.67. The predicted octanol–water partition coefficient (Wildman–Crippen LogP) is 12.9. The lowest BCUT2D eigenvalue weighted by Gasteiger charge is -2.22. The molecule has 1 heteroatoms. The van der Waals surface area contributed by atoms with Gasteiger partial charge in [0, 0.05) is 15.2 Å². The molecule has 0 unspecified atom stereocenters. The molecule has 0 saturated carbocycles. The highest BCUT2D eigenvalue weighted by Crippen LogP contribution is 2.50. The van der Waals surface area contributed by atoms with E-state index in [1.807, 2.05) is 0 Å². The lowest BCUT2D eigenvalue weighted by Crippen LogP contribution is -1.94. The van der Waals surface area contributed by atoms with Crippen LogP contribution in [-0.2, 0) is 0 Å². The van der Waals surface area contributed by atoms with Crippen molar-refractivity contribution in [3.05, 3.63) is 157 Å². The van der Waals surface area contributed by atoms with Crippen molar-refractivity contribution in [3.63, 3.8) is 0 Å². The van der Waals surface area contributed by atoms with Crippen LogP contribution >= 0.6 is 11.8 Å². The van der Waals surface area contributed by atoms with Gasteiger partial charge in [0.05, 0.1) is 35.6 Å². The van der Waals surface area contributed by atoms with E-state index in [0.717, 1.165) is 0 Å². The molecule has 0 radical (unpaired) electrons. The van der Waals surface area contributed by atoms with Crippen LogP contribution in [-0.4, -0.2) is 0 Å². The number of hydrogen-bond acceptors (Lipinski definition) is 1. The van der Waals surface area contributed by atoms with Crippen LogP contribution in [0.15, 0.2) is 167 Å². The summed E-state index contributed by atoms with van der Waals surface area (Å²) in [6.45, 7) is 0. The molecule has 0 aliphatic carbocycles. The van der Waals surface area contributed by atoms with Gasteiger partial charge in [-0.1, -0.05) is 151 Å². The molecule has 0 bridgehead atoms. The Balaban J connectivity index is 1.42. The van der Waals surface area contributed by atoms with Gasteiger partial charge in [-0.05, 0) is 100 Å². The first-order chi connectivity index (χ1) is 33.2. The molecule has 45 heavy (non-hydrogen) atoms. The predicted molar refractivity (Wildman–Crippen MR) is 194 cm³/mol. The minimum absolute atomic E-state index is 0.138. The summed E-state index contributed by atoms with van der Waals surface area (Å²) in [4.78, 5) is -0.306. The van der Waals surface area contributed by atoms with Crippen LogP contribution in [0.5, 0.6) is 0 Å². The third-order valence-electron chi connectivity index (χ3n) is 7.64. The highest BCUT2D eigenvalue weighted by Gasteiger charge is 2.21. The zero-order chi connectivity index (χ0) is 52.1. The molecule has 0 spiro atoms. The lowest BCUT2D eigenvalue weighted by atomic mass is 9.86. The van der Waals surface area contributed by atoms with E-state index in [1.54, 1.807) is 0 Å². The molecule has 9 aromatic carbocycles. The summed E-state index contributed by atoms with van der Waals surface area (Å²) in [5, 5.41) is -3.53. The SMILES string of the molecule is [2H]c1c([2H])c([2H])c(-c2c([2H])c([2H])c3c([2H])c([2H])c4c(-c5c([2H])c([2H])c([2H])c(-c6c([2H])c([2H])c7c8c(c([2H])c([2H])c([2H])c68)-c6c([2H])c([2H])c([2H])c([2H])c6S7)c5[2H])c([2H])c([2H])c5c([2H])c([2H])c2c3c54)c([2H])c1[2H]. The molecule has 1 heterocycles. The zero-order valence-electron chi connectivity index (χ0n) is 48.4. The van der Waals surface area contributed by atoms with Gasteiger partial charge in [0.2, 0.25) is 0 Å². The smallest absolute Gasteiger partial charge is 0.0636 e. The largest absolute Gasteiger partial charge is 0.0888 e. The molecule has 1 aliphatic heterocycles. The second-order valence-electron chi connectivity index (χ2n) is 10.0. The minimum Gasteiger partial charge on any atom is -0.0888 e. The Labute approximate surface area is 302 Å². The first-order valence-electron chi connectivity index (χ1n) is 26.4. The molecular formula is C44H26S. The van der Waals surface area contributed by atoms with E-state index in [0.29, 0.717) is 11.8 Å². The molecule has 1 aliphatic rings. The van der Waals surface area contributed by atoms with E-state index in [4.69, 9.17) is 19.2 Å². The Morgan fingerprint density at radius 2 is 0.867 bits per heavy atom. The van der Waals surface area contributed by atoms with Crippen LogP contribution in [0, 0.1) is 0 Å². The Kier molecular flexibility index (Phi) is 2.26. The van der Waals surface area contributed by atoms with Crippen LogP contribution < -0.4 is 0 Å². The number of hydrogen-bond donors (Lipinski definition) is 0. The molecule has 0 N–H and O–H groups in total. The molecule has 0 atom stereocenters. The Morgan fingerprint density at radius 1 is 0.333 bits per heavy atom. The molecule has 0 nitrogen and oxygen atoms in total. The average Bonchev–Trinajstić information content (AvgIpc) is 3.33. The molecule has 9 aromatic rings. The van der Waals surface area contributed by atoms with Gasteiger partial charge in [-0.2, -0.15) is 0 Å². The number of benzene rings is 9. The van der Waals surface area contributed by atoms with Crippen molar-refractivity contribution >= 4 is 54.9 Å². The Hall–Kier alpha value is -5.37. The molecule has 208 valence electrons. The van der Waals surface area contributed by atoms with Gasteiger partial charge in [0.1, 0.15) is 0 Å². The van der Waals surface area contributed by atoms with Crippen molar-refractivity contribution in [3.8, 4) is 44.5 Å². The zero-order valence-corrected chi connectivity index (χ0v) is 23.2. The van der Waals surface area contributed by atoms with Crippen LogP contribution in [0.25, 0.3) is 87.6 Å². The summed E-state index contributed by atoms with van der Waals surface area (Å²) in [6, 6.07) is -21.2. The quantitative estimate of drug-likeness (QED) is 0.179. The van der Waals surface area contributed by atoms with Crippen molar-refractivity contribution in [2.45, 2.75) is 9.79 Å². The van der Waals surface area contributed by atoms with Gasteiger partial charge in [-0.15, -0.1) is 0 Å². The molecule has 0 amide bonds. The van der Waals surface area contributed by atoms with Crippen molar-refractivity contribution in [1.29, 1.82) is 0 Å². The van der Waals surface area contributed by atoms with Crippen LogP contribution in [0.2, 0.25) is 0 Å². The van der Waals surface area contributed by atoms with E-state index in [1.165, 1.54) is 0 Å². The van der Waals surface area contributed by atoms with Crippen LogP contribution in [0.3, 0.4) is 0 Å². The minimum atomic E-state index is -0.996. The Bertz CT molecular complexity index is 4060. The third kappa shape index (κ3) is 3.68. The van der Waals surface area contributed by atoms with Crippen molar-refractivity contribution in [2.24, 2.45) is 0 Å². The van der Waals surface area contributed by atoms with E-state index >= 15 is 0 Å². The fraction of sp³-hybridized carbons (Fsp3) is 0. The van der Waals surface area contributed by atoms with Gasteiger partial charge in [0.25, 0.3) is 0 Å².